The van der Waals surface area contributed by atoms with Gasteiger partial charge in [0.15, 0.2) is 0 Å². The Morgan fingerprint density at radius 1 is 1.32 bits per heavy atom. The van der Waals surface area contributed by atoms with Crippen LogP contribution in [0.2, 0.25) is 0 Å². The monoisotopic (exact) mass is 302 g/mol. The van der Waals surface area contributed by atoms with E-state index in [0.717, 1.165) is 5.56 Å². The molecule has 0 saturated heterocycles. The number of hydrogen-bond donors (Lipinski definition) is 1. The summed E-state index contributed by atoms with van der Waals surface area (Å²) in [6.07, 6.45) is 1.74. The van der Waals surface area contributed by atoms with Crippen LogP contribution in [0, 0.1) is 6.92 Å². The molecule has 0 spiro atoms. The Bertz CT molecular complexity index is 614. The number of carbonyl (C=O) groups excluding carboxylic acids is 1. The fourth-order valence-electron chi connectivity index (χ4n) is 2.03. The highest BCUT2D eigenvalue weighted by atomic mass is 16.6. The Kier molecular flexibility index (Phi) is 4.85. The highest BCUT2D eigenvalue weighted by molar-refractivity contribution is 5.68. The molecule has 1 atom stereocenters. The standard InChI is InChI=1S/C17H22N2O3/c1-12-11-18-15(21-12)14(10-13-8-6-5-7-9-13)19-16(20)22-17(2,3)4/h5-9,11,14H,10H2,1-4H3,(H,19,20)/t14-/m0/s1. The van der Waals surface area contributed by atoms with Gasteiger partial charge in [0, 0.05) is 6.42 Å². The van der Waals surface area contributed by atoms with Gasteiger partial charge in [0.1, 0.15) is 17.4 Å². The zero-order valence-corrected chi connectivity index (χ0v) is 13.4. The lowest BCUT2D eigenvalue weighted by atomic mass is 10.1. The predicted molar refractivity (Wildman–Crippen MR) is 83.5 cm³/mol. The van der Waals surface area contributed by atoms with Gasteiger partial charge in [-0.2, -0.15) is 0 Å². The van der Waals surface area contributed by atoms with Gasteiger partial charge in [0.05, 0.1) is 6.20 Å². The molecule has 0 aliphatic rings. The summed E-state index contributed by atoms with van der Waals surface area (Å²) < 4.78 is 10.9. The van der Waals surface area contributed by atoms with Crippen molar-refractivity contribution in [1.82, 2.24) is 10.3 Å². The molecular formula is C17H22N2O3. The van der Waals surface area contributed by atoms with Gasteiger partial charge in [-0.3, -0.25) is 0 Å². The lowest BCUT2D eigenvalue weighted by Gasteiger charge is -2.22. The van der Waals surface area contributed by atoms with Crippen LogP contribution in [0.5, 0.6) is 0 Å². The Morgan fingerprint density at radius 2 is 2.00 bits per heavy atom. The predicted octanol–water partition coefficient (Wildman–Crippen LogP) is 3.79. The van der Waals surface area contributed by atoms with Crippen molar-refractivity contribution in [3.8, 4) is 0 Å². The lowest BCUT2D eigenvalue weighted by Crippen LogP contribution is -2.35. The summed E-state index contributed by atoms with van der Waals surface area (Å²) in [5.74, 6) is 1.19. The number of rotatable bonds is 4. The largest absolute Gasteiger partial charge is 0.444 e. The number of amides is 1. The SMILES string of the molecule is Cc1cnc([C@H](Cc2ccccc2)NC(=O)OC(C)(C)C)o1. The third kappa shape index (κ3) is 4.91. The van der Waals surface area contributed by atoms with Crippen LogP contribution in [0.15, 0.2) is 40.9 Å². The van der Waals surface area contributed by atoms with E-state index < -0.39 is 11.7 Å². The van der Waals surface area contributed by atoms with Gasteiger partial charge in [0.2, 0.25) is 5.89 Å². The van der Waals surface area contributed by atoms with Crippen LogP contribution in [0.4, 0.5) is 4.79 Å². The minimum Gasteiger partial charge on any atom is -0.444 e. The lowest BCUT2D eigenvalue weighted by molar-refractivity contribution is 0.0495. The van der Waals surface area contributed by atoms with E-state index in [-0.39, 0.29) is 6.04 Å². The van der Waals surface area contributed by atoms with Crippen LogP contribution in [0.25, 0.3) is 0 Å². The molecule has 22 heavy (non-hydrogen) atoms. The van der Waals surface area contributed by atoms with Crippen molar-refractivity contribution in [1.29, 1.82) is 0 Å². The first-order valence-corrected chi connectivity index (χ1v) is 7.29. The Hall–Kier alpha value is -2.30. The molecule has 0 saturated carbocycles. The first-order valence-electron chi connectivity index (χ1n) is 7.29. The van der Waals surface area contributed by atoms with Crippen LogP contribution in [0.3, 0.4) is 0 Å². The van der Waals surface area contributed by atoms with E-state index in [1.165, 1.54) is 0 Å². The van der Waals surface area contributed by atoms with E-state index in [9.17, 15) is 4.79 Å². The molecule has 1 N–H and O–H groups in total. The van der Waals surface area contributed by atoms with Crippen molar-refractivity contribution < 1.29 is 13.9 Å². The zero-order valence-electron chi connectivity index (χ0n) is 13.4. The number of oxazole rings is 1. The van der Waals surface area contributed by atoms with Crippen molar-refractivity contribution in [3.05, 3.63) is 53.7 Å². The van der Waals surface area contributed by atoms with Gasteiger partial charge >= 0.3 is 6.09 Å². The number of nitrogens with zero attached hydrogens (tertiary/aromatic N) is 1. The molecular weight excluding hydrogens is 280 g/mol. The molecule has 1 heterocycles. The van der Waals surface area contributed by atoms with Crippen molar-refractivity contribution in [2.75, 3.05) is 0 Å². The maximum Gasteiger partial charge on any atom is 0.408 e. The normalized spacial score (nSPS) is 12.7. The topological polar surface area (TPSA) is 64.4 Å². The second-order valence-electron chi connectivity index (χ2n) is 6.20. The number of aryl methyl sites for hydroxylation is 1. The number of nitrogens with one attached hydrogen (secondary N) is 1. The molecule has 0 radical (unpaired) electrons. The van der Waals surface area contributed by atoms with Gasteiger partial charge < -0.3 is 14.5 Å². The maximum absolute atomic E-state index is 12.0. The van der Waals surface area contributed by atoms with Crippen molar-refractivity contribution in [2.45, 2.75) is 45.8 Å². The molecule has 5 nitrogen and oxygen atoms in total. The van der Waals surface area contributed by atoms with Gasteiger partial charge in [-0.05, 0) is 33.3 Å². The quantitative estimate of drug-likeness (QED) is 0.933. The molecule has 0 fully saturated rings. The first kappa shape index (κ1) is 16.1. The number of aromatic nitrogens is 1. The number of hydrogen-bond acceptors (Lipinski definition) is 4. The summed E-state index contributed by atoms with van der Waals surface area (Å²) >= 11 is 0. The molecule has 118 valence electrons. The molecule has 0 aliphatic heterocycles. The second-order valence-corrected chi connectivity index (χ2v) is 6.20. The van der Waals surface area contributed by atoms with E-state index in [1.54, 1.807) is 6.20 Å². The second kappa shape index (κ2) is 6.64. The molecule has 2 aromatic rings. The highest BCUT2D eigenvalue weighted by Crippen LogP contribution is 2.19. The van der Waals surface area contributed by atoms with E-state index >= 15 is 0 Å². The van der Waals surface area contributed by atoms with Crippen LogP contribution in [-0.2, 0) is 11.2 Å². The van der Waals surface area contributed by atoms with Crippen molar-refractivity contribution in [2.24, 2.45) is 0 Å². The molecule has 1 amide bonds. The summed E-state index contributed by atoms with van der Waals surface area (Å²) in [7, 11) is 0. The molecule has 0 unspecified atom stereocenters. The van der Waals surface area contributed by atoms with E-state index in [0.29, 0.717) is 18.1 Å². The average Bonchev–Trinajstić information content (AvgIpc) is 2.84. The Labute approximate surface area is 130 Å². The van der Waals surface area contributed by atoms with Crippen molar-refractivity contribution in [3.63, 3.8) is 0 Å². The highest BCUT2D eigenvalue weighted by Gasteiger charge is 2.23. The Morgan fingerprint density at radius 3 is 2.55 bits per heavy atom. The van der Waals surface area contributed by atoms with E-state index in [2.05, 4.69) is 10.3 Å². The molecule has 1 aromatic carbocycles. The number of carbonyl (C=O) groups is 1. The summed E-state index contributed by atoms with van der Waals surface area (Å²) in [5, 5.41) is 2.83. The molecule has 5 heteroatoms. The van der Waals surface area contributed by atoms with Crippen molar-refractivity contribution >= 4 is 6.09 Å². The van der Waals surface area contributed by atoms with Crippen LogP contribution >= 0.6 is 0 Å². The minimum atomic E-state index is -0.548. The molecule has 0 bridgehead atoms. The fraction of sp³-hybridized carbons (Fsp3) is 0.412. The summed E-state index contributed by atoms with van der Waals surface area (Å²) in [6.45, 7) is 7.31. The first-order chi connectivity index (χ1) is 10.3. The number of ether oxygens (including phenoxy) is 1. The number of alkyl carbamates (subject to hydrolysis) is 1. The van der Waals surface area contributed by atoms with Gasteiger partial charge in [0.25, 0.3) is 0 Å². The summed E-state index contributed by atoms with van der Waals surface area (Å²) in [5.41, 5.74) is 0.535. The fourth-order valence-corrected chi connectivity index (χ4v) is 2.03. The smallest absolute Gasteiger partial charge is 0.408 e. The van der Waals surface area contributed by atoms with Crippen LogP contribution in [0.1, 0.15) is 44.0 Å². The van der Waals surface area contributed by atoms with Gasteiger partial charge in [-0.15, -0.1) is 0 Å². The zero-order chi connectivity index (χ0) is 16.2. The van der Waals surface area contributed by atoms with Gasteiger partial charge in [-0.1, -0.05) is 30.3 Å². The van der Waals surface area contributed by atoms with Crippen LogP contribution in [-0.4, -0.2) is 16.7 Å². The summed E-state index contributed by atoms with van der Waals surface area (Å²) in [4.78, 5) is 16.3. The van der Waals surface area contributed by atoms with Crippen LogP contribution < -0.4 is 5.32 Å². The third-order valence-electron chi connectivity index (χ3n) is 2.91. The minimum absolute atomic E-state index is 0.369. The summed E-state index contributed by atoms with van der Waals surface area (Å²) in [6, 6.07) is 9.50. The molecule has 1 aromatic heterocycles. The number of benzene rings is 1. The van der Waals surface area contributed by atoms with Gasteiger partial charge in [-0.25, -0.2) is 9.78 Å². The molecule has 0 aliphatic carbocycles. The third-order valence-corrected chi connectivity index (χ3v) is 2.91. The van der Waals surface area contributed by atoms with E-state index in [1.807, 2.05) is 58.0 Å². The average molecular weight is 302 g/mol. The molecule has 2 rings (SSSR count). The Balaban J connectivity index is 2.13. The maximum atomic E-state index is 12.0. The van der Waals surface area contributed by atoms with E-state index in [4.69, 9.17) is 9.15 Å².